The molecule has 1 heterocycles. The van der Waals surface area contributed by atoms with E-state index in [2.05, 4.69) is 10.3 Å². The molecule has 1 aliphatic rings. The van der Waals surface area contributed by atoms with Gasteiger partial charge in [0.2, 0.25) is 5.91 Å². The average Bonchev–Trinajstić information content (AvgIpc) is 2.88. The number of hydrogen-bond acceptors (Lipinski definition) is 3. The average molecular weight is 261 g/mol. The summed E-state index contributed by atoms with van der Waals surface area (Å²) in [6.45, 7) is 0. The maximum atomic E-state index is 11.6. The highest BCUT2D eigenvalue weighted by Crippen LogP contribution is 2.53. The number of methoxy groups -OCH3 is 1. The summed E-state index contributed by atoms with van der Waals surface area (Å²) in [7, 11) is 1.55. The third kappa shape index (κ3) is 2.39. The highest BCUT2D eigenvalue weighted by atomic mass is 35.5. The van der Waals surface area contributed by atoms with Crippen molar-refractivity contribution in [3.8, 4) is 5.75 Å². The number of carbonyl (C=O) groups is 1. The fourth-order valence-electron chi connectivity index (χ4n) is 1.32. The van der Waals surface area contributed by atoms with Crippen LogP contribution in [0.5, 0.6) is 5.75 Å². The summed E-state index contributed by atoms with van der Waals surface area (Å²) >= 11 is 11.6. The van der Waals surface area contributed by atoms with Crippen LogP contribution in [-0.4, -0.2) is 22.3 Å². The van der Waals surface area contributed by atoms with Crippen molar-refractivity contribution >= 4 is 34.9 Å². The van der Waals surface area contributed by atoms with Gasteiger partial charge in [0.1, 0.15) is 15.9 Å². The molecule has 0 saturated heterocycles. The largest absolute Gasteiger partial charge is 0.497 e. The predicted octanol–water partition coefficient (Wildman–Crippen LogP) is 2.22. The van der Waals surface area contributed by atoms with E-state index < -0.39 is 4.33 Å². The van der Waals surface area contributed by atoms with Gasteiger partial charge in [0.05, 0.1) is 13.0 Å². The second-order valence-corrected chi connectivity index (χ2v) is 5.13. The summed E-state index contributed by atoms with van der Waals surface area (Å²) < 4.78 is 4.10. The molecule has 0 radical (unpaired) electrons. The molecule has 1 atom stereocenters. The maximum absolute atomic E-state index is 11.6. The lowest BCUT2D eigenvalue weighted by Gasteiger charge is -2.05. The molecule has 1 fully saturated rings. The number of pyridine rings is 1. The van der Waals surface area contributed by atoms with Crippen molar-refractivity contribution in [3.63, 3.8) is 0 Å². The zero-order chi connectivity index (χ0) is 11.8. The van der Waals surface area contributed by atoms with Crippen molar-refractivity contribution in [1.82, 2.24) is 4.98 Å². The number of nitrogens with zero attached hydrogens (tertiary/aromatic N) is 1. The lowest BCUT2D eigenvalue weighted by atomic mass is 10.3. The van der Waals surface area contributed by atoms with E-state index in [-0.39, 0.29) is 11.8 Å². The summed E-state index contributed by atoms with van der Waals surface area (Å²) in [5, 5.41) is 2.64. The molecule has 0 aliphatic heterocycles. The first-order chi connectivity index (χ1) is 7.53. The summed E-state index contributed by atoms with van der Waals surface area (Å²) in [4.78, 5) is 15.6. The number of rotatable bonds is 3. The van der Waals surface area contributed by atoms with Crippen LogP contribution in [0.1, 0.15) is 6.42 Å². The van der Waals surface area contributed by atoms with E-state index in [9.17, 15) is 4.79 Å². The smallest absolute Gasteiger partial charge is 0.231 e. The fraction of sp³-hybridized carbons (Fsp3) is 0.400. The first-order valence-corrected chi connectivity index (χ1v) is 5.47. The van der Waals surface area contributed by atoms with Gasteiger partial charge < -0.3 is 10.1 Å². The first-order valence-electron chi connectivity index (χ1n) is 4.71. The molecule has 4 nitrogen and oxygen atoms in total. The van der Waals surface area contributed by atoms with Gasteiger partial charge in [-0.05, 0) is 12.5 Å². The van der Waals surface area contributed by atoms with Gasteiger partial charge in [0.15, 0.2) is 0 Å². The summed E-state index contributed by atoms with van der Waals surface area (Å²) in [5.41, 5.74) is 0. The van der Waals surface area contributed by atoms with E-state index >= 15 is 0 Å². The number of alkyl halides is 2. The third-order valence-electron chi connectivity index (χ3n) is 2.36. The number of hydrogen-bond donors (Lipinski definition) is 1. The van der Waals surface area contributed by atoms with Gasteiger partial charge in [-0.15, -0.1) is 23.2 Å². The lowest BCUT2D eigenvalue weighted by Crippen LogP contribution is -2.17. The molecule has 86 valence electrons. The van der Waals surface area contributed by atoms with E-state index in [0.29, 0.717) is 18.0 Å². The van der Waals surface area contributed by atoms with Crippen molar-refractivity contribution in [2.45, 2.75) is 10.8 Å². The first kappa shape index (κ1) is 11.5. The highest BCUT2D eigenvalue weighted by Gasteiger charge is 2.56. The molecule has 1 N–H and O–H groups in total. The van der Waals surface area contributed by atoms with E-state index in [4.69, 9.17) is 27.9 Å². The SMILES string of the molecule is COc1ccnc(NC(=O)[C@H]2CC2(Cl)Cl)c1. The molecule has 1 amide bonds. The molecule has 1 saturated carbocycles. The minimum absolute atomic E-state index is 0.217. The molecular formula is C10H10Cl2N2O2. The molecule has 1 aromatic rings. The molecule has 0 spiro atoms. The zero-order valence-corrected chi connectivity index (χ0v) is 10.0. The van der Waals surface area contributed by atoms with Crippen LogP contribution >= 0.6 is 23.2 Å². The minimum Gasteiger partial charge on any atom is -0.497 e. The van der Waals surface area contributed by atoms with Gasteiger partial charge in [0.25, 0.3) is 0 Å². The number of nitrogens with one attached hydrogen (secondary N) is 1. The third-order valence-corrected chi connectivity index (χ3v) is 3.20. The molecule has 6 heteroatoms. The monoisotopic (exact) mass is 260 g/mol. The van der Waals surface area contributed by atoms with Gasteiger partial charge >= 0.3 is 0 Å². The maximum Gasteiger partial charge on any atom is 0.231 e. The Balaban J connectivity index is 2.01. The van der Waals surface area contributed by atoms with Crippen LogP contribution in [-0.2, 0) is 4.79 Å². The molecule has 16 heavy (non-hydrogen) atoms. The van der Waals surface area contributed by atoms with Crippen molar-refractivity contribution in [2.24, 2.45) is 5.92 Å². The van der Waals surface area contributed by atoms with Crippen molar-refractivity contribution < 1.29 is 9.53 Å². The van der Waals surface area contributed by atoms with Gasteiger partial charge in [-0.2, -0.15) is 0 Å². The Morgan fingerprint density at radius 3 is 2.94 bits per heavy atom. The van der Waals surface area contributed by atoms with Crippen LogP contribution < -0.4 is 10.1 Å². The Hall–Kier alpha value is -1.000. The Labute approximate surface area is 103 Å². The van der Waals surface area contributed by atoms with Crippen molar-refractivity contribution in [2.75, 3.05) is 12.4 Å². The van der Waals surface area contributed by atoms with Crippen molar-refractivity contribution in [3.05, 3.63) is 18.3 Å². The summed E-state index contributed by atoms with van der Waals surface area (Å²) in [6.07, 6.45) is 2.03. The zero-order valence-electron chi connectivity index (χ0n) is 8.54. The summed E-state index contributed by atoms with van der Waals surface area (Å²) in [6, 6.07) is 3.32. The number of ether oxygens (including phenoxy) is 1. The molecule has 1 aromatic heterocycles. The van der Waals surface area contributed by atoms with E-state index in [1.165, 1.54) is 0 Å². The van der Waals surface area contributed by atoms with Crippen molar-refractivity contribution in [1.29, 1.82) is 0 Å². The second kappa shape index (κ2) is 4.11. The quantitative estimate of drug-likeness (QED) is 0.849. The molecule has 0 aromatic carbocycles. The highest BCUT2D eigenvalue weighted by molar-refractivity contribution is 6.52. The Kier molecular flexibility index (Phi) is 2.95. The number of halogens is 2. The molecular weight excluding hydrogens is 251 g/mol. The minimum atomic E-state index is -0.914. The molecule has 0 bridgehead atoms. The Morgan fingerprint density at radius 1 is 1.69 bits per heavy atom. The van der Waals surface area contributed by atoms with Crippen LogP contribution in [0.4, 0.5) is 5.82 Å². The molecule has 2 rings (SSSR count). The topological polar surface area (TPSA) is 51.2 Å². The lowest BCUT2D eigenvalue weighted by molar-refractivity contribution is -0.117. The molecule has 0 unspecified atom stereocenters. The molecule has 1 aliphatic carbocycles. The van der Waals surface area contributed by atoms with Gasteiger partial charge in [-0.3, -0.25) is 4.79 Å². The van der Waals surface area contributed by atoms with Crippen LogP contribution in [0.3, 0.4) is 0 Å². The van der Waals surface area contributed by atoms with E-state index in [1.54, 1.807) is 25.4 Å². The summed E-state index contributed by atoms with van der Waals surface area (Å²) in [5.74, 6) is 0.485. The number of amides is 1. The fourth-order valence-corrected chi connectivity index (χ4v) is 1.82. The number of carbonyl (C=O) groups excluding carboxylic acids is 1. The second-order valence-electron chi connectivity index (χ2n) is 3.59. The standard InChI is InChI=1S/C10H10Cl2N2O2/c1-16-6-2-3-13-8(4-6)14-9(15)7-5-10(7,11)12/h2-4,7H,5H2,1H3,(H,13,14,15)/t7-/m1/s1. The predicted molar refractivity (Wildman–Crippen MR) is 62.0 cm³/mol. The Bertz CT molecular complexity index is 423. The van der Waals surface area contributed by atoms with E-state index in [0.717, 1.165) is 0 Å². The van der Waals surface area contributed by atoms with Gasteiger partial charge in [0, 0.05) is 12.3 Å². The normalized spacial score (nSPS) is 21.3. The van der Waals surface area contributed by atoms with Gasteiger partial charge in [-0.25, -0.2) is 4.98 Å². The van der Waals surface area contributed by atoms with Crippen LogP contribution in [0.2, 0.25) is 0 Å². The van der Waals surface area contributed by atoms with Crippen LogP contribution in [0.25, 0.3) is 0 Å². The van der Waals surface area contributed by atoms with Crippen LogP contribution in [0.15, 0.2) is 18.3 Å². The Morgan fingerprint density at radius 2 is 2.38 bits per heavy atom. The number of anilines is 1. The van der Waals surface area contributed by atoms with Gasteiger partial charge in [-0.1, -0.05) is 0 Å². The van der Waals surface area contributed by atoms with Crippen LogP contribution in [0, 0.1) is 5.92 Å². The van der Waals surface area contributed by atoms with E-state index in [1.807, 2.05) is 0 Å². The number of aromatic nitrogens is 1.